The molecule has 0 aliphatic carbocycles. The topological polar surface area (TPSA) is 139 Å². The molecular formula is C35H38N4O7S. The smallest absolute Gasteiger partial charge is 0.269 e. The Labute approximate surface area is 275 Å². The third-order valence-corrected chi connectivity index (χ3v) is 9.33. The van der Waals surface area contributed by atoms with Crippen molar-refractivity contribution < 1.29 is 27.7 Å². The summed E-state index contributed by atoms with van der Waals surface area (Å²) in [5.74, 6) is -0.454. The number of unbranched alkanes of at least 4 members (excludes halogenated alkanes) is 1. The van der Waals surface area contributed by atoms with Gasteiger partial charge in [0.1, 0.15) is 18.3 Å². The van der Waals surface area contributed by atoms with Crippen LogP contribution in [-0.2, 0) is 32.6 Å². The van der Waals surface area contributed by atoms with E-state index in [-0.39, 0.29) is 35.1 Å². The first-order chi connectivity index (χ1) is 22.6. The predicted octanol–water partition coefficient (Wildman–Crippen LogP) is 5.36. The molecule has 0 aliphatic rings. The minimum Gasteiger partial charge on any atom is -0.497 e. The van der Waals surface area contributed by atoms with Crippen molar-refractivity contribution >= 4 is 33.2 Å². The maximum Gasteiger partial charge on any atom is 0.269 e. The van der Waals surface area contributed by atoms with Crippen molar-refractivity contribution in [1.29, 1.82) is 0 Å². The second-order valence-electron chi connectivity index (χ2n) is 10.8. The summed E-state index contributed by atoms with van der Waals surface area (Å²) in [6, 6.07) is 27.9. The number of carbonyl (C=O) groups excluding carboxylic acids is 2. The lowest BCUT2D eigenvalue weighted by Crippen LogP contribution is -2.53. The van der Waals surface area contributed by atoms with Crippen LogP contribution in [0.25, 0.3) is 0 Å². The summed E-state index contributed by atoms with van der Waals surface area (Å²) in [6.07, 6.45) is 1.78. The molecule has 0 radical (unpaired) electrons. The number of rotatable bonds is 16. The van der Waals surface area contributed by atoms with Crippen LogP contribution in [0, 0.1) is 10.1 Å². The summed E-state index contributed by atoms with van der Waals surface area (Å²) in [7, 11) is -2.80. The Kier molecular flexibility index (Phi) is 12.1. The molecule has 0 aromatic heterocycles. The van der Waals surface area contributed by atoms with Gasteiger partial charge in [0, 0.05) is 31.6 Å². The minimum atomic E-state index is -4.33. The first kappa shape index (κ1) is 34.6. The van der Waals surface area contributed by atoms with E-state index in [2.05, 4.69) is 5.32 Å². The molecule has 11 nitrogen and oxygen atoms in total. The molecule has 1 atom stereocenters. The van der Waals surface area contributed by atoms with E-state index in [0.717, 1.165) is 22.7 Å². The Hall–Kier alpha value is -5.23. The number of benzene rings is 4. The van der Waals surface area contributed by atoms with E-state index in [1.807, 2.05) is 37.3 Å². The lowest BCUT2D eigenvalue weighted by Gasteiger charge is -2.34. The summed E-state index contributed by atoms with van der Waals surface area (Å²) >= 11 is 0. The summed E-state index contributed by atoms with van der Waals surface area (Å²) in [5.41, 5.74) is 1.31. The Bertz CT molecular complexity index is 1750. The lowest BCUT2D eigenvalue weighted by molar-refractivity contribution is -0.384. The van der Waals surface area contributed by atoms with Crippen LogP contribution in [0.4, 0.5) is 11.4 Å². The van der Waals surface area contributed by atoms with Crippen LogP contribution in [0.3, 0.4) is 0 Å². The third kappa shape index (κ3) is 9.17. The van der Waals surface area contributed by atoms with Crippen molar-refractivity contribution in [2.24, 2.45) is 0 Å². The number of methoxy groups -OCH3 is 1. The molecule has 0 saturated carbocycles. The first-order valence-electron chi connectivity index (χ1n) is 15.2. The van der Waals surface area contributed by atoms with Gasteiger partial charge in [0.05, 0.1) is 22.6 Å². The van der Waals surface area contributed by atoms with Crippen molar-refractivity contribution in [3.8, 4) is 5.75 Å². The molecular weight excluding hydrogens is 620 g/mol. The fourth-order valence-corrected chi connectivity index (χ4v) is 6.45. The number of sulfonamides is 1. The molecule has 2 amide bonds. The van der Waals surface area contributed by atoms with Gasteiger partial charge < -0.3 is 15.0 Å². The van der Waals surface area contributed by atoms with Crippen LogP contribution >= 0.6 is 0 Å². The molecule has 4 rings (SSSR count). The maximum atomic E-state index is 14.5. The van der Waals surface area contributed by atoms with E-state index in [0.29, 0.717) is 17.9 Å². The number of nitro benzene ring substituents is 1. The maximum absolute atomic E-state index is 14.5. The van der Waals surface area contributed by atoms with Gasteiger partial charge in [-0.15, -0.1) is 0 Å². The minimum absolute atomic E-state index is 0.0196. The van der Waals surface area contributed by atoms with E-state index < -0.39 is 33.4 Å². The van der Waals surface area contributed by atoms with Gasteiger partial charge in [0.2, 0.25) is 11.8 Å². The molecule has 4 aromatic carbocycles. The quantitative estimate of drug-likeness (QED) is 0.0972. The zero-order valence-electron chi connectivity index (χ0n) is 26.3. The number of nitro groups is 1. The molecule has 0 aliphatic heterocycles. The number of nitrogens with zero attached hydrogens (tertiary/aromatic N) is 3. The highest BCUT2D eigenvalue weighted by Gasteiger charge is 2.34. The number of amides is 2. The lowest BCUT2D eigenvalue weighted by atomic mass is 10.0. The van der Waals surface area contributed by atoms with Crippen molar-refractivity contribution in [2.75, 3.05) is 24.5 Å². The van der Waals surface area contributed by atoms with Gasteiger partial charge >= 0.3 is 0 Å². The number of carbonyl (C=O) groups is 2. The highest BCUT2D eigenvalue weighted by molar-refractivity contribution is 7.92. The summed E-state index contributed by atoms with van der Waals surface area (Å²) in [4.78, 5) is 40.4. The van der Waals surface area contributed by atoms with Crippen LogP contribution in [0.2, 0.25) is 0 Å². The van der Waals surface area contributed by atoms with Gasteiger partial charge in [-0.05, 0) is 53.9 Å². The van der Waals surface area contributed by atoms with E-state index in [9.17, 15) is 28.1 Å². The molecule has 0 saturated heterocycles. The second-order valence-corrected chi connectivity index (χ2v) is 12.7. The highest BCUT2D eigenvalue weighted by atomic mass is 32.2. The van der Waals surface area contributed by atoms with Gasteiger partial charge in [-0.3, -0.25) is 24.0 Å². The Balaban J connectivity index is 1.80. The second kappa shape index (κ2) is 16.4. The zero-order chi connectivity index (χ0) is 33.8. The first-order valence-corrected chi connectivity index (χ1v) is 16.6. The molecule has 0 spiro atoms. The molecule has 0 unspecified atom stereocenters. The molecule has 0 heterocycles. The third-order valence-electron chi connectivity index (χ3n) is 7.55. The van der Waals surface area contributed by atoms with Gasteiger partial charge in [0.25, 0.3) is 15.7 Å². The van der Waals surface area contributed by atoms with E-state index in [4.69, 9.17) is 4.74 Å². The normalized spacial score (nSPS) is 11.7. The fourth-order valence-electron chi connectivity index (χ4n) is 5.02. The number of hydrogen-bond donors (Lipinski definition) is 1. The fraction of sp³-hybridized carbons (Fsp3) is 0.257. The molecule has 12 heteroatoms. The average molecular weight is 659 g/mol. The number of hydrogen-bond acceptors (Lipinski definition) is 7. The summed E-state index contributed by atoms with van der Waals surface area (Å²) < 4.78 is 34.4. The Morgan fingerprint density at radius 2 is 1.53 bits per heavy atom. The van der Waals surface area contributed by atoms with Crippen molar-refractivity contribution in [3.63, 3.8) is 0 Å². The molecule has 246 valence electrons. The van der Waals surface area contributed by atoms with E-state index in [1.54, 1.807) is 42.5 Å². The zero-order valence-corrected chi connectivity index (χ0v) is 27.1. The van der Waals surface area contributed by atoms with E-state index >= 15 is 0 Å². The highest BCUT2D eigenvalue weighted by Crippen LogP contribution is 2.27. The molecule has 47 heavy (non-hydrogen) atoms. The van der Waals surface area contributed by atoms with E-state index in [1.165, 1.54) is 48.4 Å². The molecule has 0 fully saturated rings. The van der Waals surface area contributed by atoms with Crippen LogP contribution in [0.15, 0.2) is 114 Å². The van der Waals surface area contributed by atoms with Gasteiger partial charge in [-0.25, -0.2) is 8.42 Å². The number of non-ortho nitro benzene ring substituents is 1. The molecule has 1 N–H and O–H groups in total. The van der Waals surface area contributed by atoms with Crippen molar-refractivity contribution in [2.45, 2.75) is 43.7 Å². The van der Waals surface area contributed by atoms with Gasteiger partial charge in [-0.1, -0.05) is 74.0 Å². The van der Waals surface area contributed by atoms with Crippen molar-refractivity contribution in [1.82, 2.24) is 10.2 Å². The van der Waals surface area contributed by atoms with Crippen LogP contribution in [-0.4, -0.2) is 56.3 Å². The number of ether oxygens (including phenoxy) is 1. The van der Waals surface area contributed by atoms with Crippen LogP contribution in [0.5, 0.6) is 5.75 Å². The Morgan fingerprint density at radius 3 is 2.15 bits per heavy atom. The number of nitrogens with one attached hydrogen (secondary N) is 1. The molecule has 4 aromatic rings. The summed E-state index contributed by atoms with van der Waals surface area (Å²) in [6.45, 7) is 1.73. The number of anilines is 1. The Morgan fingerprint density at radius 1 is 0.894 bits per heavy atom. The standard InChI is InChI=1S/C35H38N4O7S/c1-3-4-22-36-35(41)33(24-27-12-7-5-8-13-27)37(25-28-14-11-15-31(23-28)46-2)34(40)26-38(29-18-20-30(21-19-29)39(42)43)47(44,45)32-16-9-6-10-17-32/h5-21,23,33H,3-4,22,24-26H2,1-2H3,(H,36,41)/t33-/m1/s1. The largest absolute Gasteiger partial charge is 0.497 e. The average Bonchev–Trinajstić information content (AvgIpc) is 3.09. The SMILES string of the molecule is CCCCNC(=O)[C@@H](Cc1ccccc1)N(Cc1cccc(OC)c1)C(=O)CN(c1ccc([N+](=O)[O-])cc1)S(=O)(=O)c1ccccc1. The predicted molar refractivity (Wildman–Crippen MR) is 179 cm³/mol. The van der Waals surface area contributed by atoms with Crippen molar-refractivity contribution in [3.05, 3.63) is 130 Å². The van der Waals surface area contributed by atoms with Gasteiger partial charge in [-0.2, -0.15) is 0 Å². The van der Waals surface area contributed by atoms with Crippen LogP contribution < -0.4 is 14.4 Å². The molecule has 0 bridgehead atoms. The monoisotopic (exact) mass is 658 g/mol. The summed E-state index contributed by atoms with van der Waals surface area (Å²) in [5, 5.41) is 14.3. The van der Waals surface area contributed by atoms with Crippen LogP contribution in [0.1, 0.15) is 30.9 Å². The van der Waals surface area contributed by atoms with Gasteiger partial charge in [0.15, 0.2) is 0 Å².